The van der Waals surface area contributed by atoms with Crippen molar-refractivity contribution in [1.29, 1.82) is 0 Å². The zero-order valence-electron chi connectivity index (χ0n) is 15.6. The molecule has 0 aliphatic carbocycles. The maximum atomic E-state index is 12.9. The fraction of sp³-hybridized carbons (Fsp3) is 0.190. The smallest absolute Gasteiger partial charge is 0.338 e. The molecule has 0 unspecified atom stereocenters. The van der Waals surface area contributed by atoms with Crippen molar-refractivity contribution in [1.82, 2.24) is 4.57 Å². The van der Waals surface area contributed by atoms with Gasteiger partial charge >= 0.3 is 5.97 Å². The fourth-order valence-electron chi connectivity index (χ4n) is 2.56. The lowest BCUT2D eigenvalue weighted by Crippen LogP contribution is -2.19. The molecule has 0 aliphatic heterocycles. The van der Waals surface area contributed by atoms with Gasteiger partial charge in [-0.2, -0.15) is 4.99 Å². The van der Waals surface area contributed by atoms with E-state index in [2.05, 4.69) is 10.9 Å². The first-order valence-corrected chi connectivity index (χ1v) is 9.53. The van der Waals surface area contributed by atoms with E-state index in [9.17, 15) is 14.0 Å². The lowest BCUT2D eigenvalue weighted by Gasteiger charge is -2.03. The summed E-state index contributed by atoms with van der Waals surface area (Å²) in [5, 5.41) is 0. The first-order chi connectivity index (χ1) is 14.0. The molecule has 0 radical (unpaired) electrons. The van der Waals surface area contributed by atoms with E-state index in [1.54, 1.807) is 29.7 Å². The van der Waals surface area contributed by atoms with Crippen molar-refractivity contribution in [3.05, 3.63) is 58.6 Å². The molecule has 29 heavy (non-hydrogen) atoms. The van der Waals surface area contributed by atoms with Crippen molar-refractivity contribution in [2.24, 2.45) is 4.99 Å². The van der Waals surface area contributed by atoms with Crippen LogP contribution in [0.2, 0.25) is 0 Å². The van der Waals surface area contributed by atoms with Gasteiger partial charge in [-0.25, -0.2) is 9.18 Å². The Labute approximate surface area is 170 Å². The molecule has 1 heterocycles. The number of carbonyl (C=O) groups excluding carboxylic acids is 2. The number of hydrogen-bond donors (Lipinski definition) is 0. The van der Waals surface area contributed by atoms with E-state index in [0.717, 1.165) is 10.2 Å². The highest BCUT2D eigenvalue weighted by Gasteiger charge is 2.12. The van der Waals surface area contributed by atoms with Crippen LogP contribution in [-0.4, -0.2) is 29.7 Å². The number of hydrogen-bond acceptors (Lipinski definition) is 5. The van der Waals surface area contributed by atoms with Crippen molar-refractivity contribution in [2.75, 3.05) is 13.2 Å². The van der Waals surface area contributed by atoms with Crippen LogP contribution >= 0.6 is 11.3 Å². The van der Waals surface area contributed by atoms with Gasteiger partial charge in [0.25, 0.3) is 5.91 Å². The number of benzene rings is 2. The second-order valence-electron chi connectivity index (χ2n) is 5.83. The van der Waals surface area contributed by atoms with Crippen molar-refractivity contribution in [3.63, 3.8) is 0 Å². The summed E-state index contributed by atoms with van der Waals surface area (Å²) < 4.78 is 25.7. The van der Waals surface area contributed by atoms with Gasteiger partial charge in [0.05, 0.1) is 28.9 Å². The first kappa shape index (κ1) is 20.3. The topological polar surface area (TPSA) is 69.9 Å². The summed E-state index contributed by atoms with van der Waals surface area (Å²) in [5.41, 5.74) is 1.16. The van der Waals surface area contributed by atoms with Gasteiger partial charge in [0.15, 0.2) is 11.4 Å². The minimum Gasteiger partial charge on any atom is -0.484 e. The van der Waals surface area contributed by atoms with E-state index in [4.69, 9.17) is 15.9 Å². The average Bonchev–Trinajstić information content (AvgIpc) is 3.04. The minimum atomic E-state index is -0.516. The van der Waals surface area contributed by atoms with Crippen LogP contribution in [0.1, 0.15) is 17.3 Å². The van der Waals surface area contributed by atoms with E-state index < -0.39 is 17.7 Å². The predicted octanol–water partition coefficient (Wildman–Crippen LogP) is 3.16. The number of amides is 1. The largest absolute Gasteiger partial charge is 0.484 e. The number of nitrogens with zero attached hydrogens (tertiary/aromatic N) is 2. The summed E-state index contributed by atoms with van der Waals surface area (Å²) >= 11 is 1.23. The van der Waals surface area contributed by atoms with Gasteiger partial charge in [-0.15, -0.1) is 6.42 Å². The molecule has 1 amide bonds. The molecule has 1 aromatic heterocycles. The minimum absolute atomic E-state index is 0.212. The summed E-state index contributed by atoms with van der Waals surface area (Å²) in [7, 11) is 0. The predicted molar refractivity (Wildman–Crippen MR) is 107 cm³/mol. The number of esters is 1. The molecule has 0 bridgehead atoms. The number of terminal acetylenes is 1. The van der Waals surface area contributed by atoms with Crippen LogP contribution < -0.4 is 9.54 Å². The molecule has 0 fully saturated rings. The summed E-state index contributed by atoms with van der Waals surface area (Å²) in [5.74, 6) is 1.57. The van der Waals surface area contributed by atoms with Gasteiger partial charge in [0.1, 0.15) is 11.6 Å². The van der Waals surface area contributed by atoms with E-state index in [1.807, 2.05) is 0 Å². The molecule has 0 saturated carbocycles. The van der Waals surface area contributed by atoms with Gasteiger partial charge in [-0.3, -0.25) is 4.79 Å². The molecule has 3 aromatic rings. The van der Waals surface area contributed by atoms with Gasteiger partial charge < -0.3 is 14.0 Å². The molecule has 2 aromatic carbocycles. The Morgan fingerprint density at radius 1 is 1.24 bits per heavy atom. The van der Waals surface area contributed by atoms with Crippen LogP contribution in [0.5, 0.6) is 5.75 Å². The Bertz CT molecular complexity index is 1160. The first-order valence-electron chi connectivity index (χ1n) is 8.71. The molecule has 0 atom stereocenters. The zero-order chi connectivity index (χ0) is 20.8. The summed E-state index contributed by atoms with van der Waals surface area (Å²) in [4.78, 5) is 28.7. The van der Waals surface area contributed by atoms with Crippen LogP contribution in [0.4, 0.5) is 4.39 Å². The van der Waals surface area contributed by atoms with Gasteiger partial charge in [-0.05, 0) is 49.4 Å². The van der Waals surface area contributed by atoms with Gasteiger partial charge in [-0.1, -0.05) is 17.3 Å². The van der Waals surface area contributed by atoms with Crippen molar-refractivity contribution in [2.45, 2.75) is 13.5 Å². The average molecular weight is 412 g/mol. The van der Waals surface area contributed by atoms with Crippen LogP contribution in [0, 0.1) is 18.2 Å². The monoisotopic (exact) mass is 412 g/mol. The van der Waals surface area contributed by atoms with E-state index in [1.165, 1.54) is 35.6 Å². The third-order valence-electron chi connectivity index (χ3n) is 3.84. The molecule has 8 heteroatoms. The van der Waals surface area contributed by atoms with Crippen LogP contribution in [0.25, 0.3) is 10.2 Å². The van der Waals surface area contributed by atoms with E-state index in [-0.39, 0.29) is 19.8 Å². The van der Waals surface area contributed by atoms with Gasteiger partial charge in [0.2, 0.25) is 0 Å². The Morgan fingerprint density at radius 2 is 2.00 bits per heavy atom. The zero-order valence-corrected chi connectivity index (χ0v) is 16.4. The summed E-state index contributed by atoms with van der Waals surface area (Å²) in [6.45, 7) is 1.92. The molecule has 148 valence electrons. The lowest BCUT2D eigenvalue weighted by atomic mass is 10.2. The van der Waals surface area contributed by atoms with Crippen LogP contribution in [0.15, 0.2) is 47.5 Å². The molecular formula is C21H17FN2O4S. The number of ether oxygens (including phenoxy) is 2. The summed E-state index contributed by atoms with van der Waals surface area (Å²) in [6.07, 6.45) is 5.45. The van der Waals surface area contributed by atoms with Crippen LogP contribution in [-0.2, 0) is 16.1 Å². The molecule has 0 saturated heterocycles. The number of halogens is 1. The molecule has 0 spiro atoms. The molecule has 0 aliphatic rings. The SMILES string of the molecule is C#CCn1c(=NC(=O)COc2ccc(F)cc2)sc2cc(C(=O)OCC)ccc21. The number of carbonyl (C=O) groups is 2. The van der Waals surface area contributed by atoms with E-state index >= 15 is 0 Å². The second-order valence-corrected chi connectivity index (χ2v) is 6.84. The normalized spacial score (nSPS) is 11.3. The maximum absolute atomic E-state index is 12.9. The molecule has 0 N–H and O–H groups in total. The highest BCUT2D eigenvalue weighted by Crippen LogP contribution is 2.20. The van der Waals surface area contributed by atoms with Gasteiger partial charge in [0, 0.05) is 0 Å². The Balaban J connectivity index is 1.88. The quantitative estimate of drug-likeness (QED) is 0.461. The number of aromatic nitrogens is 1. The third kappa shape index (κ3) is 4.89. The van der Waals surface area contributed by atoms with Crippen LogP contribution in [0.3, 0.4) is 0 Å². The van der Waals surface area contributed by atoms with Crippen molar-refractivity contribution >= 4 is 33.4 Å². The van der Waals surface area contributed by atoms with E-state index in [0.29, 0.717) is 16.1 Å². The number of fused-ring (bicyclic) bond motifs is 1. The third-order valence-corrected chi connectivity index (χ3v) is 4.88. The maximum Gasteiger partial charge on any atom is 0.338 e. The lowest BCUT2D eigenvalue weighted by molar-refractivity contribution is -0.120. The molecule has 3 rings (SSSR count). The Morgan fingerprint density at radius 3 is 2.69 bits per heavy atom. The second kappa shape index (κ2) is 9.17. The standard InChI is InChI=1S/C21H17FN2O4S/c1-3-11-24-17-10-5-14(20(26)27-4-2)12-18(17)29-21(24)23-19(25)13-28-16-8-6-15(22)7-9-16/h1,5-10,12H,4,11,13H2,2H3. The fourth-order valence-corrected chi connectivity index (χ4v) is 3.64. The molecular weight excluding hydrogens is 395 g/mol. The van der Waals surface area contributed by atoms with Crippen molar-refractivity contribution < 1.29 is 23.5 Å². The number of rotatable bonds is 6. The highest BCUT2D eigenvalue weighted by atomic mass is 32.1. The molecule has 6 nitrogen and oxygen atoms in total. The Hall–Kier alpha value is -3.44. The summed E-state index contributed by atoms with van der Waals surface area (Å²) in [6, 6.07) is 10.4. The Kier molecular flexibility index (Phi) is 6.42. The van der Waals surface area contributed by atoms with Crippen molar-refractivity contribution in [3.8, 4) is 18.1 Å². The number of thiazole rings is 1. The highest BCUT2D eigenvalue weighted by molar-refractivity contribution is 7.16.